The Kier molecular flexibility index (Phi) is 10.3. The third-order valence-corrected chi connectivity index (χ3v) is 3.97. The summed E-state index contributed by atoms with van der Waals surface area (Å²) in [7, 11) is -5.44. The normalized spacial score (nSPS) is 24.7. The Balaban J connectivity index is 0.00000225. The molecule has 0 spiro atoms. The van der Waals surface area contributed by atoms with E-state index in [0.717, 1.165) is 10.9 Å². The quantitative estimate of drug-likeness (QED) is 0.264. The molecule has 2 aromatic heterocycles. The van der Waals surface area contributed by atoms with Crippen molar-refractivity contribution in [2.75, 3.05) is 12.3 Å². The van der Waals surface area contributed by atoms with Crippen LogP contribution in [0.5, 0.6) is 0 Å². The second-order valence-electron chi connectivity index (χ2n) is 5.03. The minimum absolute atomic E-state index is 0. The van der Waals surface area contributed by atoms with Gasteiger partial charge in [-0.2, -0.15) is 4.98 Å². The predicted octanol–water partition coefficient (Wildman–Crippen LogP) is -10.7. The monoisotopic (exact) mass is 425 g/mol. The number of aromatic nitrogens is 4. The molecule has 3 heterocycles. The molecule has 0 aromatic carbocycles. The van der Waals surface area contributed by atoms with Crippen molar-refractivity contribution in [1.29, 1.82) is 0 Å². The molecule has 1 aliphatic rings. The van der Waals surface area contributed by atoms with Gasteiger partial charge in [-0.25, -0.2) is 4.98 Å². The van der Waals surface area contributed by atoms with Crippen molar-refractivity contribution in [2.24, 2.45) is 0 Å². The number of nitrogens with zero attached hydrogens (tertiary/aromatic N) is 3. The van der Waals surface area contributed by atoms with Crippen LogP contribution in [0.3, 0.4) is 0 Å². The molecular formula is C10H14N5Na2O9P. The van der Waals surface area contributed by atoms with Crippen molar-refractivity contribution in [3.8, 4) is 0 Å². The van der Waals surface area contributed by atoms with Gasteiger partial charge in [0.15, 0.2) is 17.4 Å². The molecule has 7 N–H and O–H groups in total. The molecule has 4 atom stereocenters. The maximum atomic E-state index is 11.7. The van der Waals surface area contributed by atoms with E-state index < -0.39 is 44.5 Å². The Hall–Kier alpha value is 0.1000. The molecule has 0 unspecified atom stereocenters. The first-order valence-electron chi connectivity index (χ1n) is 6.58. The number of hydrogen-bond donors (Lipinski definition) is 4. The van der Waals surface area contributed by atoms with Crippen LogP contribution in [0.1, 0.15) is 6.23 Å². The van der Waals surface area contributed by atoms with E-state index in [4.69, 9.17) is 10.5 Å². The Morgan fingerprint density at radius 2 is 2.07 bits per heavy atom. The molecule has 1 fully saturated rings. The topological polar surface area (TPSA) is 243 Å². The van der Waals surface area contributed by atoms with Crippen LogP contribution in [-0.2, 0) is 13.8 Å². The number of anilines is 1. The average Bonchev–Trinajstić information content (AvgIpc) is 3.00. The summed E-state index contributed by atoms with van der Waals surface area (Å²) in [6, 6.07) is 0. The van der Waals surface area contributed by atoms with Gasteiger partial charge in [-0.3, -0.25) is 14.3 Å². The third kappa shape index (κ3) is 5.58. The molecule has 2 aromatic rings. The van der Waals surface area contributed by atoms with Gasteiger partial charge in [0.1, 0.15) is 18.3 Å². The van der Waals surface area contributed by atoms with Crippen LogP contribution in [-0.4, -0.2) is 60.1 Å². The van der Waals surface area contributed by atoms with E-state index >= 15 is 0 Å². The number of nitrogens with one attached hydrogen (secondary N) is 1. The van der Waals surface area contributed by atoms with Gasteiger partial charge in [0.05, 0.1) is 20.8 Å². The number of ether oxygens (including phenoxy) is 1. The van der Waals surface area contributed by atoms with E-state index in [2.05, 4.69) is 19.5 Å². The SMILES string of the molecule is Nc1nc2c(ncn2[C@@H]2O[C@H](CO)[C@@H](OP(=O)([O-])[O-])[C@H]2O)c(=O)[nH]1.O.[Na+].[Na+]. The number of imidazole rings is 1. The van der Waals surface area contributed by atoms with E-state index in [-0.39, 0.29) is 81.7 Å². The van der Waals surface area contributed by atoms with E-state index in [0.29, 0.717) is 0 Å². The molecule has 27 heavy (non-hydrogen) atoms. The maximum absolute atomic E-state index is 11.7. The molecule has 0 saturated carbocycles. The zero-order valence-corrected chi connectivity index (χ0v) is 19.2. The Morgan fingerprint density at radius 3 is 2.63 bits per heavy atom. The summed E-state index contributed by atoms with van der Waals surface area (Å²) in [5, 5.41) is 19.5. The van der Waals surface area contributed by atoms with Gasteiger partial charge >= 0.3 is 59.1 Å². The van der Waals surface area contributed by atoms with Crippen molar-refractivity contribution < 1.29 is 98.4 Å². The summed E-state index contributed by atoms with van der Waals surface area (Å²) in [5.74, 6) is -0.211. The number of fused-ring (bicyclic) bond motifs is 1. The molecular weight excluding hydrogens is 411 g/mol. The first-order chi connectivity index (χ1) is 11.2. The molecule has 3 rings (SSSR count). The minimum atomic E-state index is -5.44. The van der Waals surface area contributed by atoms with Crippen LogP contribution in [0.25, 0.3) is 11.2 Å². The summed E-state index contributed by atoms with van der Waals surface area (Å²) >= 11 is 0. The van der Waals surface area contributed by atoms with Crippen molar-refractivity contribution in [3.63, 3.8) is 0 Å². The van der Waals surface area contributed by atoms with E-state index in [1.807, 2.05) is 0 Å². The second kappa shape index (κ2) is 10.2. The van der Waals surface area contributed by atoms with Gasteiger partial charge in [-0.15, -0.1) is 0 Å². The van der Waals surface area contributed by atoms with Gasteiger partial charge in [0.2, 0.25) is 5.95 Å². The number of phosphoric acid groups is 1. The number of nitrogen functional groups attached to an aromatic ring is 1. The number of hydrogen-bond acceptors (Lipinski definition) is 11. The Labute approximate surface area is 195 Å². The fraction of sp³-hybridized carbons (Fsp3) is 0.500. The zero-order chi connectivity index (χ0) is 17.6. The van der Waals surface area contributed by atoms with E-state index in [1.165, 1.54) is 0 Å². The molecule has 0 bridgehead atoms. The number of aliphatic hydroxyl groups is 2. The van der Waals surface area contributed by atoms with Crippen molar-refractivity contribution >= 4 is 24.9 Å². The summed E-state index contributed by atoms with van der Waals surface area (Å²) in [6.07, 6.45) is -4.77. The van der Waals surface area contributed by atoms with Crippen LogP contribution >= 0.6 is 7.82 Å². The average molecular weight is 425 g/mol. The molecule has 1 saturated heterocycles. The maximum Gasteiger partial charge on any atom is 1.00 e. The van der Waals surface area contributed by atoms with Crippen LogP contribution in [0.4, 0.5) is 5.95 Å². The summed E-state index contributed by atoms with van der Waals surface area (Å²) < 4.78 is 21.5. The molecule has 0 amide bonds. The van der Waals surface area contributed by atoms with Crippen molar-refractivity contribution in [1.82, 2.24) is 19.5 Å². The van der Waals surface area contributed by atoms with Gasteiger partial charge < -0.3 is 45.0 Å². The number of phosphoric ester groups is 1. The largest absolute Gasteiger partial charge is 1.00 e. The molecule has 17 heteroatoms. The third-order valence-electron chi connectivity index (χ3n) is 3.46. The van der Waals surface area contributed by atoms with Gasteiger partial charge in [0, 0.05) is 0 Å². The minimum Gasteiger partial charge on any atom is -0.790 e. The zero-order valence-electron chi connectivity index (χ0n) is 14.3. The fourth-order valence-corrected chi connectivity index (χ4v) is 3.06. The summed E-state index contributed by atoms with van der Waals surface area (Å²) in [6.45, 7) is -0.721. The number of aromatic amines is 1. The van der Waals surface area contributed by atoms with Crippen LogP contribution < -0.4 is 80.2 Å². The number of nitrogens with two attached hydrogens (primary N) is 1. The standard InChI is InChI=1S/C10H14N5O8P.2Na.H2O/c11-10-13-7-4(8(18)14-10)12-2-15(7)9-5(17)6(3(1-16)22-9)23-24(19,20)21;;;/h2-3,5-6,9,16-17H,1H2,(H2,19,20,21)(H3,11,13,14,18);;;1H2/q;2*+1;/p-2/t3-,5-,6-,9-;;;/m1.../s1. The molecule has 0 radical (unpaired) electrons. The van der Waals surface area contributed by atoms with E-state index in [9.17, 15) is 29.4 Å². The Morgan fingerprint density at radius 1 is 1.44 bits per heavy atom. The first-order valence-corrected chi connectivity index (χ1v) is 8.04. The molecule has 140 valence electrons. The fourth-order valence-electron chi connectivity index (χ4n) is 2.50. The number of H-pyrrole nitrogens is 1. The molecule has 14 nitrogen and oxygen atoms in total. The van der Waals surface area contributed by atoms with Crippen molar-refractivity contribution in [3.05, 3.63) is 16.7 Å². The summed E-state index contributed by atoms with van der Waals surface area (Å²) in [5.41, 5.74) is 4.70. The van der Waals surface area contributed by atoms with Crippen LogP contribution in [0.2, 0.25) is 0 Å². The molecule has 0 aliphatic carbocycles. The molecule has 1 aliphatic heterocycles. The Bertz CT molecular complexity index is 872. The smallest absolute Gasteiger partial charge is 0.790 e. The van der Waals surface area contributed by atoms with Gasteiger partial charge in [-0.05, 0) is 0 Å². The number of rotatable bonds is 4. The number of aliphatic hydroxyl groups excluding tert-OH is 2. The van der Waals surface area contributed by atoms with Crippen molar-refractivity contribution in [2.45, 2.75) is 24.5 Å². The predicted molar refractivity (Wildman–Crippen MR) is 75.7 cm³/mol. The first kappa shape index (κ1) is 27.1. The van der Waals surface area contributed by atoms with Crippen LogP contribution in [0, 0.1) is 0 Å². The summed E-state index contributed by atoms with van der Waals surface area (Å²) in [4.78, 5) is 43.3. The van der Waals surface area contributed by atoms with Gasteiger partial charge in [-0.1, -0.05) is 0 Å². The van der Waals surface area contributed by atoms with E-state index in [1.54, 1.807) is 0 Å². The van der Waals surface area contributed by atoms with Crippen LogP contribution in [0.15, 0.2) is 11.1 Å². The van der Waals surface area contributed by atoms with Gasteiger partial charge in [0.25, 0.3) is 5.56 Å². The second-order valence-corrected chi connectivity index (χ2v) is 6.14.